The number of carbonyl (C=O) groups is 10. The van der Waals surface area contributed by atoms with Crippen LogP contribution in [0.4, 0.5) is 0 Å². The van der Waals surface area contributed by atoms with E-state index in [4.69, 9.17) is 18.9 Å². The fraction of sp³-hybridized carbons (Fsp3) is 0.676. The van der Waals surface area contributed by atoms with E-state index in [0.29, 0.717) is 24.3 Å². The van der Waals surface area contributed by atoms with Gasteiger partial charge >= 0.3 is 11.9 Å². The fourth-order valence-electron chi connectivity index (χ4n) is 10.4. The first-order valence-electron chi connectivity index (χ1n) is 32.6. The lowest BCUT2D eigenvalue weighted by atomic mass is 9.97. The number of ether oxygens (including phenoxy) is 4. The van der Waals surface area contributed by atoms with Crippen molar-refractivity contribution >= 4 is 59.2 Å². The Kier molecular flexibility index (Phi) is 33.4. The van der Waals surface area contributed by atoms with Crippen molar-refractivity contribution in [2.75, 3.05) is 14.2 Å². The van der Waals surface area contributed by atoms with Crippen LogP contribution in [0.5, 0.6) is 11.5 Å². The van der Waals surface area contributed by atoms with Gasteiger partial charge in [-0.2, -0.15) is 0 Å². The Labute approximate surface area is 534 Å². The Bertz CT molecular complexity index is 2580. The molecule has 0 aromatic heterocycles. The molecule has 22 heteroatoms. The quantitative estimate of drug-likeness (QED) is 0.0312. The van der Waals surface area contributed by atoms with Gasteiger partial charge in [0, 0.05) is 6.42 Å². The summed E-state index contributed by atoms with van der Waals surface area (Å²) in [5.74, 6) is -8.13. The molecule has 1 heterocycles. The molecule has 1 aliphatic heterocycles. The zero-order valence-electron chi connectivity index (χ0n) is 56.4. The summed E-state index contributed by atoms with van der Waals surface area (Å²) in [5.41, 5.74) is 0.455. The summed E-state index contributed by atoms with van der Waals surface area (Å²) in [6, 6.07) is 4.07. The van der Waals surface area contributed by atoms with Crippen LogP contribution in [0.2, 0.25) is 0 Å². The third kappa shape index (κ3) is 27.9. The molecule has 0 aliphatic carbocycles. The summed E-state index contributed by atoms with van der Waals surface area (Å²) >= 11 is 0. The molecule has 0 bridgehead atoms. The number of amides is 8. The maximum absolute atomic E-state index is 14.7. The van der Waals surface area contributed by atoms with E-state index in [1.165, 1.54) is 13.3 Å². The van der Waals surface area contributed by atoms with Crippen molar-refractivity contribution in [1.29, 1.82) is 0 Å². The predicted octanol–water partition coefficient (Wildman–Crippen LogP) is 7.87. The molecular formula is C68H108N8O14. The van der Waals surface area contributed by atoms with Crippen molar-refractivity contribution in [1.82, 2.24) is 42.5 Å². The van der Waals surface area contributed by atoms with Gasteiger partial charge in [0.25, 0.3) is 0 Å². The van der Waals surface area contributed by atoms with E-state index >= 15 is 0 Å². The summed E-state index contributed by atoms with van der Waals surface area (Å²) in [7, 11) is 3.09. The normalized spacial score (nSPS) is 21.9. The minimum Gasteiger partial charge on any atom is -0.497 e. The molecule has 8 N–H and O–H groups in total. The highest BCUT2D eigenvalue weighted by Crippen LogP contribution is 2.27. The van der Waals surface area contributed by atoms with Gasteiger partial charge in [-0.05, 0) is 119 Å². The van der Waals surface area contributed by atoms with E-state index in [9.17, 15) is 47.9 Å². The smallest absolute Gasteiger partial charge is 0.329 e. The van der Waals surface area contributed by atoms with Gasteiger partial charge in [0.2, 0.25) is 47.3 Å². The SMILES string of the molecule is CCCCCCCCCCCC1CC(=O)N[C@@H](CCC(=O)NC(c2ccc(OC)cc2)c2ccc(OC)cc2)C(=O)N[C@@H](C)C(=O)N[C@H](CC(C)C)C(=O)N[C@@H](C(C)C)C(=O)N[C@@H](CC(=O)OC(C)(C)C)C(=O)N[C@H](CC(C)C)C(=O)N[C@@H]([C@@H](C)CC)C(=O)O1. The Balaban J connectivity index is 2.19. The molecule has 1 saturated heterocycles. The average molecular weight is 1260 g/mol. The summed E-state index contributed by atoms with van der Waals surface area (Å²) in [6.45, 7) is 22.7. The fourth-order valence-corrected chi connectivity index (χ4v) is 10.4. The van der Waals surface area contributed by atoms with Crippen LogP contribution in [0.25, 0.3) is 0 Å². The van der Waals surface area contributed by atoms with E-state index in [1.54, 1.807) is 80.0 Å². The monoisotopic (exact) mass is 1260 g/mol. The Morgan fingerprint density at radius 2 is 1.03 bits per heavy atom. The second-order valence-corrected chi connectivity index (χ2v) is 26.2. The summed E-state index contributed by atoms with van der Waals surface area (Å²) in [5, 5.41) is 22.2. The lowest BCUT2D eigenvalue weighted by Crippen LogP contribution is -2.61. The Morgan fingerprint density at radius 1 is 0.567 bits per heavy atom. The van der Waals surface area contributed by atoms with Crippen LogP contribution in [-0.2, 0) is 57.4 Å². The molecule has 1 aliphatic rings. The molecule has 8 amide bonds. The van der Waals surface area contributed by atoms with Gasteiger partial charge in [0.05, 0.1) is 33.1 Å². The van der Waals surface area contributed by atoms with Crippen LogP contribution in [0.1, 0.15) is 216 Å². The highest BCUT2D eigenvalue weighted by Gasteiger charge is 2.38. The Morgan fingerprint density at radius 3 is 1.51 bits per heavy atom. The molecule has 1 fully saturated rings. The van der Waals surface area contributed by atoms with Crippen LogP contribution < -0.4 is 52.0 Å². The number of methoxy groups -OCH3 is 2. The molecule has 0 radical (unpaired) electrons. The number of cyclic esters (lactones) is 1. The van der Waals surface area contributed by atoms with Gasteiger partial charge in [-0.15, -0.1) is 0 Å². The van der Waals surface area contributed by atoms with Crippen LogP contribution >= 0.6 is 0 Å². The zero-order chi connectivity index (χ0) is 67.3. The zero-order valence-corrected chi connectivity index (χ0v) is 56.4. The van der Waals surface area contributed by atoms with E-state index < -0.39 is 144 Å². The standard InChI is InChI=1S/C68H108N8O14/c1-16-18-19-20-21-22-23-24-25-26-50-39-56(78)70-51(35-36-55(77)74-60(46-27-31-48(87-14)32-28-46)47-29-33-49(88-15)34-30-47)62(81)69-45(10)61(80)71-52(37-41(3)4)64(83)75-58(43(7)8)66(85)73-54(40-57(79)90-68(11,12)13)63(82)72-53(38-42(5)6)65(84)76-59(44(9)17-2)67(86)89-50/h27-34,41-45,50-54,58-60H,16-26,35-40H2,1-15H3,(H,69,81)(H,70,78)(H,71,80)(H,72,82)(H,73,85)(H,74,77)(H,75,83)(H,76,84)/t44-,45-,50?,51-,52+,53+,54-,58-,59-/m0/s1. The van der Waals surface area contributed by atoms with Crippen molar-refractivity contribution in [2.45, 2.75) is 259 Å². The Hall–Kier alpha value is -7.26. The lowest BCUT2D eigenvalue weighted by Gasteiger charge is -2.30. The summed E-state index contributed by atoms with van der Waals surface area (Å²) < 4.78 is 22.6. The molecule has 2 aromatic rings. The molecule has 504 valence electrons. The maximum Gasteiger partial charge on any atom is 0.329 e. The van der Waals surface area contributed by atoms with Gasteiger partial charge in [-0.25, -0.2) is 4.79 Å². The number of unbranched alkanes of at least 4 members (excludes halogenated alkanes) is 8. The molecule has 90 heavy (non-hydrogen) atoms. The minimum atomic E-state index is -1.63. The van der Waals surface area contributed by atoms with Gasteiger partial charge in [-0.3, -0.25) is 43.2 Å². The first-order chi connectivity index (χ1) is 42.5. The lowest BCUT2D eigenvalue weighted by molar-refractivity contribution is -0.158. The summed E-state index contributed by atoms with van der Waals surface area (Å²) in [4.78, 5) is 144. The third-order valence-corrected chi connectivity index (χ3v) is 15.7. The number of carbonyl (C=O) groups excluding carboxylic acids is 10. The van der Waals surface area contributed by atoms with E-state index in [0.717, 1.165) is 56.1 Å². The predicted molar refractivity (Wildman–Crippen MR) is 344 cm³/mol. The van der Waals surface area contributed by atoms with Crippen LogP contribution in [0.15, 0.2) is 48.5 Å². The van der Waals surface area contributed by atoms with Crippen molar-refractivity contribution in [3.8, 4) is 11.5 Å². The third-order valence-electron chi connectivity index (χ3n) is 15.7. The highest BCUT2D eigenvalue weighted by molar-refractivity contribution is 5.98. The van der Waals surface area contributed by atoms with Crippen molar-refractivity contribution in [2.24, 2.45) is 23.7 Å². The van der Waals surface area contributed by atoms with Gasteiger partial charge in [0.15, 0.2) is 0 Å². The van der Waals surface area contributed by atoms with Gasteiger partial charge < -0.3 is 61.5 Å². The number of esters is 2. The molecule has 3 rings (SSSR count). The highest BCUT2D eigenvalue weighted by atomic mass is 16.6. The minimum absolute atomic E-state index is 0.0585. The first kappa shape index (κ1) is 77.0. The molecule has 0 spiro atoms. The van der Waals surface area contributed by atoms with Crippen LogP contribution in [0, 0.1) is 23.7 Å². The largest absolute Gasteiger partial charge is 0.497 e. The number of nitrogens with one attached hydrogen (secondary N) is 8. The average Bonchev–Trinajstić information content (AvgIpc) is 1.25. The van der Waals surface area contributed by atoms with Crippen LogP contribution in [0.3, 0.4) is 0 Å². The van der Waals surface area contributed by atoms with E-state index in [1.807, 2.05) is 58.9 Å². The summed E-state index contributed by atoms with van der Waals surface area (Å²) in [6.07, 6.45) is 6.99. The van der Waals surface area contributed by atoms with Gasteiger partial charge in [-0.1, -0.05) is 144 Å². The number of hydrogen-bond donors (Lipinski definition) is 8. The molecule has 22 nitrogen and oxygen atoms in total. The molecule has 0 saturated carbocycles. The number of rotatable bonds is 27. The number of benzene rings is 2. The van der Waals surface area contributed by atoms with Crippen molar-refractivity contribution < 1.29 is 66.9 Å². The van der Waals surface area contributed by atoms with E-state index in [2.05, 4.69) is 49.5 Å². The van der Waals surface area contributed by atoms with Crippen molar-refractivity contribution in [3.05, 3.63) is 59.7 Å². The van der Waals surface area contributed by atoms with Crippen LogP contribution in [-0.4, -0.2) is 127 Å². The van der Waals surface area contributed by atoms with Crippen molar-refractivity contribution in [3.63, 3.8) is 0 Å². The molecular weight excluding hydrogens is 1150 g/mol. The number of hydrogen-bond acceptors (Lipinski definition) is 14. The topological polar surface area (TPSA) is 304 Å². The molecule has 9 atom stereocenters. The molecule has 2 aromatic carbocycles. The maximum atomic E-state index is 14.7. The second kappa shape index (κ2) is 39.1. The first-order valence-corrected chi connectivity index (χ1v) is 32.6. The van der Waals surface area contributed by atoms with E-state index in [-0.39, 0.29) is 43.9 Å². The molecule has 1 unspecified atom stereocenters. The van der Waals surface area contributed by atoms with Gasteiger partial charge in [0.1, 0.15) is 65.5 Å². The second-order valence-electron chi connectivity index (χ2n) is 26.2.